The summed E-state index contributed by atoms with van der Waals surface area (Å²) in [5, 5.41) is 24.0. The molecule has 0 aliphatic carbocycles. The number of carbonyl (C=O) groups is 2. The van der Waals surface area contributed by atoms with Crippen molar-refractivity contribution in [3.8, 4) is 17.2 Å². The molecule has 3 aliphatic heterocycles. The number of benzene rings is 1. The highest BCUT2D eigenvalue weighted by molar-refractivity contribution is 6.33. The molecule has 35 heavy (non-hydrogen) atoms. The van der Waals surface area contributed by atoms with Gasteiger partial charge in [0.2, 0.25) is 5.89 Å². The Labute approximate surface area is 207 Å². The van der Waals surface area contributed by atoms with Crippen molar-refractivity contribution in [2.24, 2.45) is 0 Å². The second-order valence-electron chi connectivity index (χ2n) is 8.79. The Hall–Kier alpha value is -2.89. The largest absolute Gasteiger partial charge is 0.492 e. The van der Waals surface area contributed by atoms with Gasteiger partial charge in [-0.1, -0.05) is 11.6 Å². The number of halogens is 1. The third-order valence-electron chi connectivity index (χ3n) is 6.63. The number of anilines is 1. The molecule has 0 atom stereocenters. The minimum absolute atomic E-state index is 0.299. The van der Waals surface area contributed by atoms with Gasteiger partial charge in [0.25, 0.3) is 5.89 Å². The van der Waals surface area contributed by atoms with Crippen LogP contribution in [0.15, 0.2) is 10.5 Å². The van der Waals surface area contributed by atoms with Gasteiger partial charge in [0.15, 0.2) is 0 Å². The quantitative estimate of drug-likeness (QED) is 0.412. The molecule has 0 unspecified atom stereocenters. The fourth-order valence-corrected chi connectivity index (χ4v) is 4.99. The summed E-state index contributed by atoms with van der Waals surface area (Å²) in [5.74, 6) is -1.43. The lowest BCUT2D eigenvalue weighted by Crippen LogP contribution is -2.43. The Bertz CT molecular complexity index is 1050. The number of rotatable bonds is 3. The molecule has 4 heterocycles. The van der Waals surface area contributed by atoms with Gasteiger partial charge in [-0.25, -0.2) is 9.59 Å². The average Bonchev–Trinajstić information content (AvgIpc) is 3.37. The lowest BCUT2D eigenvalue weighted by atomic mass is 9.94. The van der Waals surface area contributed by atoms with Crippen LogP contribution in [0.1, 0.15) is 49.5 Å². The molecule has 2 fully saturated rings. The number of fused-ring (bicyclic) bond motifs is 1. The third kappa shape index (κ3) is 5.85. The molecule has 1 aromatic heterocycles. The van der Waals surface area contributed by atoms with Gasteiger partial charge in [0.05, 0.1) is 22.9 Å². The van der Waals surface area contributed by atoms with Gasteiger partial charge in [0, 0.05) is 30.7 Å². The first-order valence-electron chi connectivity index (χ1n) is 11.7. The number of hydrogen-bond donors (Lipinski definition) is 3. The number of carboxylic acid groups (broad SMARTS) is 2. The van der Waals surface area contributed by atoms with Gasteiger partial charge < -0.3 is 34.7 Å². The topological polar surface area (TPSA) is 161 Å². The number of piperidine rings is 1. The molecule has 5 rings (SSSR count). The molecule has 0 spiro atoms. The monoisotopic (exact) mass is 508 g/mol. The van der Waals surface area contributed by atoms with E-state index in [-0.39, 0.29) is 0 Å². The Morgan fingerprint density at radius 1 is 1.06 bits per heavy atom. The summed E-state index contributed by atoms with van der Waals surface area (Å²) >= 11 is 6.36. The lowest BCUT2D eigenvalue weighted by molar-refractivity contribution is -0.159. The Kier molecular flexibility index (Phi) is 8.09. The van der Waals surface area contributed by atoms with Gasteiger partial charge in [-0.05, 0) is 57.7 Å². The van der Waals surface area contributed by atoms with Crippen LogP contribution in [0.2, 0.25) is 5.02 Å². The number of nitrogens with two attached hydrogens (primary N) is 1. The van der Waals surface area contributed by atoms with E-state index in [0.29, 0.717) is 41.1 Å². The maximum Gasteiger partial charge on any atom is 0.414 e. The zero-order valence-electron chi connectivity index (χ0n) is 19.2. The van der Waals surface area contributed by atoms with Crippen LogP contribution in [-0.2, 0) is 20.7 Å². The van der Waals surface area contributed by atoms with Crippen molar-refractivity contribution in [1.29, 1.82) is 0 Å². The molecule has 3 aliphatic rings. The summed E-state index contributed by atoms with van der Waals surface area (Å²) in [6.45, 7) is 4.56. The zero-order valence-corrected chi connectivity index (χ0v) is 20.0. The summed E-state index contributed by atoms with van der Waals surface area (Å²) in [5.41, 5.74) is 8.44. The predicted molar refractivity (Wildman–Crippen MR) is 126 cm³/mol. The molecular formula is C23H29ClN4O7. The second-order valence-corrected chi connectivity index (χ2v) is 9.20. The van der Waals surface area contributed by atoms with Crippen molar-refractivity contribution in [2.45, 2.75) is 50.5 Å². The number of nitrogens with zero attached hydrogens (tertiary/aromatic N) is 3. The molecule has 0 radical (unpaired) electrons. The van der Waals surface area contributed by atoms with Crippen molar-refractivity contribution in [1.82, 2.24) is 15.1 Å². The summed E-state index contributed by atoms with van der Waals surface area (Å²) < 4.78 is 17.5. The molecule has 0 saturated carbocycles. The van der Waals surface area contributed by atoms with Crippen molar-refractivity contribution >= 4 is 29.2 Å². The second kappa shape index (κ2) is 11.2. The number of aromatic nitrogens is 2. The highest BCUT2D eigenvalue weighted by atomic mass is 35.5. The van der Waals surface area contributed by atoms with Crippen LogP contribution in [0.25, 0.3) is 11.5 Å². The van der Waals surface area contributed by atoms with Crippen LogP contribution >= 0.6 is 11.6 Å². The number of ether oxygens (including phenoxy) is 2. The van der Waals surface area contributed by atoms with Gasteiger partial charge in [0.1, 0.15) is 5.75 Å². The molecular weight excluding hydrogens is 480 g/mol. The van der Waals surface area contributed by atoms with E-state index in [1.165, 1.54) is 0 Å². The van der Waals surface area contributed by atoms with Crippen LogP contribution in [-0.4, -0.2) is 76.2 Å². The molecule has 1 aromatic carbocycles. The Morgan fingerprint density at radius 2 is 1.74 bits per heavy atom. The van der Waals surface area contributed by atoms with Gasteiger partial charge in [-0.3, -0.25) is 0 Å². The van der Waals surface area contributed by atoms with Crippen molar-refractivity contribution in [3.05, 3.63) is 22.5 Å². The Balaban J connectivity index is 0.000000431. The molecule has 2 saturated heterocycles. The van der Waals surface area contributed by atoms with E-state index in [1.807, 2.05) is 0 Å². The zero-order chi connectivity index (χ0) is 24.9. The maximum absolute atomic E-state index is 9.10. The van der Waals surface area contributed by atoms with Crippen LogP contribution in [0.5, 0.6) is 5.75 Å². The number of likely N-dealkylation sites (tertiary alicyclic amines) is 1. The van der Waals surface area contributed by atoms with Gasteiger partial charge in [-0.2, -0.15) is 0 Å². The summed E-state index contributed by atoms with van der Waals surface area (Å²) in [6.07, 6.45) is 6.13. The minimum Gasteiger partial charge on any atom is -0.492 e. The van der Waals surface area contributed by atoms with E-state index in [9.17, 15) is 0 Å². The first kappa shape index (κ1) is 25.2. The molecule has 4 N–H and O–H groups in total. The predicted octanol–water partition coefficient (Wildman–Crippen LogP) is 2.81. The van der Waals surface area contributed by atoms with Crippen molar-refractivity contribution in [3.63, 3.8) is 0 Å². The van der Waals surface area contributed by atoms with Crippen LogP contribution in [0.3, 0.4) is 0 Å². The molecule has 11 nitrogen and oxygen atoms in total. The summed E-state index contributed by atoms with van der Waals surface area (Å²) in [7, 11) is 0. The minimum atomic E-state index is -1.82. The Morgan fingerprint density at radius 3 is 2.40 bits per heavy atom. The third-order valence-corrected chi connectivity index (χ3v) is 6.94. The number of hydrogen-bond acceptors (Lipinski definition) is 9. The molecule has 190 valence electrons. The highest BCUT2D eigenvalue weighted by Gasteiger charge is 2.30. The van der Waals surface area contributed by atoms with Crippen LogP contribution in [0, 0.1) is 0 Å². The van der Waals surface area contributed by atoms with Gasteiger partial charge in [-0.15, -0.1) is 10.2 Å². The normalized spacial score (nSPS) is 19.2. The molecule has 0 bridgehead atoms. The van der Waals surface area contributed by atoms with E-state index in [4.69, 9.17) is 51.0 Å². The molecule has 2 aromatic rings. The number of aliphatic carboxylic acids is 2. The highest BCUT2D eigenvalue weighted by Crippen LogP contribution is 2.43. The van der Waals surface area contributed by atoms with Crippen molar-refractivity contribution < 1.29 is 33.7 Å². The SMILES string of the molecule is Nc1c(Cl)cc(-c2nnc(C3CCN(C4CCOCC4)CC3)o2)c2c1CCCO2.O=C(O)C(=O)O. The first-order valence-corrected chi connectivity index (χ1v) is 12.1. The number of carboxylic acids is 2. The molecule has 0 amide bonds. The standard InChI is InChI=1S/C21H27ClN4O3.C2H2O4/c22-17-12-16(19-15(18(17)23)2-1-9-28-19)21-25-24-20(29-21)13-3-7-26(8-4-13)14-5-10-27-11-6-14;3-1(4)2(5)6/h12-14H,1-11,23H2;(H,3,4)(H,5,6). The fourth-order valence-electron chi connectivity index (χ4n) is 4.76. The van der Waals surface area contributed by atoms with E-state index >= 15 is 0 Å². The first-order chi connectivity index (χ1) is 16.8. The molecule has 12 heteroatoms. The van der Waals surface area contributed by atoms with Crippen LogP contribution < -0.4 is 10.5 Å². The van der Waals surface area contributed by atoms with E-state index < -0.39 is 11.9 Å². The lowest BCUT2D eigenvalue weighted by Gasteiger charge is -2.38. The van der Waals surface area contributed by atoms with Crippen LogP contribution in [0.4, 0.5) is 5.69 Å². The summed E-state index contributed by atoms with van der Waals surface area (Å²) in [6, 6.07) is 2.44. The van der Waals surface area contributed by atoms with Crippen molar-refractivity contribution in [2.75, 3.05) is 38.6 Å². The fraction of sp³-hybridized carbons (Fsp3) is 0.565. The van der Waals surface area contributed by atoms with Gasteiger partial charge >= 0.3 is 11.9 Å². The van der Waals surface area contributed by atoms with E-state index in [0.717, 1.165) is 81.7 Å². The smallest absolute Gasteiger partial charge is 0.414 e. The maximum atomic E-state index is 9.10. The average molecular weight is 509 g/mol. The van der Waals surface area contributed by atoms with E-state index in [2.05, 4.69) is 15.1 Å². The summed E-state index contributed by atoms with van der Waals surface area (Å²) in [4.78, 5) is 20.8. The van der Waals surface area contributed by atoms with E-state index in [1.54, 1.807) is 6.07 Å². The number of nitrogen functional groups attached to an aromatic ring is 1.